The van der Waals surface area contributed by atoms with Gasteiger partial charge in [0.1, 0.15) is 5.82 Å². The van der Waals surface area contributed by atoms with Gasteiger partial charge in [0.05, 0.1) is 12.0 Å². The zero-order chi connectivity index (χ0) is 12.5. The number of aryl methyl sites for hydroxylation is 1. The van der Waals surface area contributed by atoms with E-state index in [1.165, 1.54) is 0 Å². The summed E-state index contributed by atoms with van der Waals surface area (Å²) < 4.78 is 7.57. The number of carbonyl (C=O) groups is 1. The van der Waals surface area contributed by atoms with Crippen molar-refractivity contribution in [3.05, 3.63) is 18.2 Å². The molecule has 1 aromatic heterocycles. The minimum absolute atomic E-state index is 0.0779. The van der Waals surface area contributed by atoms with E-state index in [0.717, 1.165) is 31.6 Å². The van der Waals surface area contributed by atoms with Gasteiger partial charge in [0.25, 0.3) is 0 Å². The van der Waals surface area contributed by atoms with Crippen LogP contribution in [0.5, 0.6) is 0 Å². The number of hydrogen-bond donors (Lipinski definition) is 1. The Morgan fingerprint density at radius 1 is 1.67 bits per heavy atom. The number of aromatic nitrogens is 2. The summed E-state index contributed by atoms with van der Waals surface area (Å²) in [6.45, 7) is 3.50. The van der Waals surface area contributed by atoms with Crippen molar-refractivity contribution in [1.29, 1.82) is 0 Å². The third kappa shape index (κ3) is 2.27. The van der Waals surface area contributed by atoms with Gasteiger partial charge in [0, 0.05) is 38.0 Å². The van der Waals surface area contributed by atoms with Crippen LogP contribution in [0.25, 0.3) is 0 Å². The number of hydrogen-bond acceptors (Lipinski definition) is 3. The molecule has 98 valence electrons. The van der Waals surface area contributed by atoms with E-state index in [2.05, 4.69) is 14.9 Å². The number of nitrogens with zero attached hydrogens (tertiary/aromatic N) is 2. The lowest BCUT2D eigenvalue weighted by atomic mass is 10.1. The SMILES string of the molecule is CCOC1CC1C(=O)NC1CCc2nccn2C1. The Bertz CT molecular complexity index is 443. The van der Waals surface area contributed by atoms with E-state index < -0.39 is 0 Å². The van der Waals surface area contributed by atoms with Gasteiger partial charge in [0.2, 0.25) is 5.91 Å². The van der Waals surface area contributed by atoms with E-state index in [4.69, 9.17) is 4.74 Å². The molecular weight excluding hydrogens is 230 g/mol. The van der Waals surface area contributed by atoms with Crippen molar-refractivity contribution in [2.45, 2.75) is 44.9 Å². The number of fused-ring (bicyclic) bond motifs is 1. The topological polar surface area (TPSA) is 56.1 Å². The van der Waals surface area contributed by atoms with Crippen LogP contribution in [0, 0.1) is 5.92 Å². The van der Waals surface area contributed by atoms with Crippen LogP contribution in [-0.2, 0) is 22.5 Å². The van der Waals surface area contributed by atoms with Crippen LogP contribution >= 0.6 is 0 Å². The summed E-state index contributed by atoms with van der Waals surface area (Å²) in [5.74, 6) is 1.36. The molecule has 0 aromatic carbocycles. The summed E-state index contributed by atoms with van der Waals surface area (Å²) in [6.07, 6.45) is 6.76. The first kappa shape index (κ1) is 11.7. The van der Waals surface area contributed by atoms with Crippen molar-refractivity contribution in [2.24, 2.45) is 5.92 Å². The van der Waals surface area contributed by atoms with Crippen molar-refractivity contribution >= 4 is 5.91 Å². The molecular formula is C13H19N3O2. The van der Waals surface area contributed by atoms with E-state index in [0.29, 0.717) is 6.61 Å². The van der Waals surface area contributed by atoms with E-state index in [1.54, 1.807) is 0 Å². The first-order valence-electron chi connectivity index (χ1n) is 6.70. The average molecular weight is 249 g/mol. The van der Waals surface area contributed by atoms with Crippen LogP contribution < -0.4 is 5.32 Å². The zero-order valence-electron chi connectivity index (χ0n) is 10.6. The fourth-order valence-corrected chi connectivity index (χ4v) is 2.64. The van der Waals surface area contributed by atoms with Crippen LogP contribution in [0.2, 0.25) is 0 Å². The van der Waals surface area contributed by atoms with Gasteiger partial charge in [-0.1, -0.05) is 0 Å². The maximum atomic E-state index is 12.0. The second-order valence-electron chi connectivity index (χ2n) is 5.08. The standard InChI is InChI=1S/C13H19N3O2/c1-2-18-11-7-10(11)13(17)15-9-3-4-12-14-5-6-16(12)8-9/h5-6,9-11H,2-4,7-8H2,1H3,(H,15,17). The fourth-order valence-electron chi connectivity index (χ4n) is 2.64. The highest BCUT2D eigenvalue weighted by molar-refractivity contribution is 5.82. The first-order chi connectivity index (χ1) is 8.78. The average Bonchev–Trinajstić information content (AvgIpc) is 2.98. The fraction of sp³-hybridized carbons (Fsp3) is 0.692. The van der Waals surface area contributed by atoms with Gasteiger partial charge < -0.3 is 14.6 Å². The Kier molecular flexibility index (Phi) is 3.07. The highest BCUT2D eigenvalue weighted by Crippen LogP contribution is 2.34. The Morgan fingerprint density at radius 2 is 2.56 bits per heavy atom. The molecule has 1 N–H and O–H groups in total. The second kappa shape index (κ2) is 4.72. The number of imidazole rings is 1. The molecule has 0 saturated heterocycles. The minimum Gasteiger partial charge on any atom is -0.378 e. The Hall–Kier alpha value is -1.36. The van der Waals surface area contributed by atoms with Crippen molar-refractivity contribution in [3.8, 4) is 0 Å². The quantitative estimate of drug-likeness (QED) is 0.856. The predicted molar refractivity (Wildman–Crippen MR) is 66.0 cm³/mol. The third-order valence-electron chi connectivity index (χ3n) is 3.73. The normalized spacial score (nSPS) is 29.7. The first-order valence-corrected chi connectivity index (χ1v) is 6.70. The minimum atomic E-state index is 0.0779. The van der Waals surface area contributed by atoms with E-state index in [1.807, 2.05) is 19.3 Å². The van der Waals surface area contributed by atoms with Crippen molar-refractivity contribution in [1.82, 2.24) is 14.9 Å². The molecule has 2 aliphatic rings. The molecule has 5 nitrogen and oxygen atoms in total. The maximum absolute atomic E-state index is 12.0. The Balaban J connectivity index is 1.51. The summed E-state index contributed by atoms with van der Waals surface area (Å²) in [5.41, 5.74) is 0. The van der Waals surface area contributed by atoms with Gasteiger partial charge in [-0.25, -0.2) is 4.98 Å². The Morgan fingerprint density at radius 3 is 3.39 bits per heavy atom. The van der Waals surface area contributed by atoms with Gasteiger partial charge in [0.15, 0.2) is 0 Å². The summed E-state index contributed by atoms with van der Waals surface area (Å²) in [5, 5.41) is 3.13. The van der Waals surface area contributed by atoms with Crippen molar-refractivity contribution < 1.29 is 9.53 Å². The number of amides is 1. The molecule has 0 bridgehead atoms. The molecule has 1 aliphatic carbocycles. The number of rotatable bonds is 4. The zero-order valence-corrected chi connectivity index (χ0v) is 10.6. The van der Waals surface area contributed by atoms with Crippen LogP contribution in [-0.4, -0.2) is 34.2 Å². The van der Waals surface area contributed by atoms with Crippen LogP contribution in [0.3, 0.4) is 0 Å². The molecule has 1 amide bonds. The summed E-state index contributed by atoms with van der Waals surface area (Å²) in [6, 6.07) is 0.238. The summed E-state index contributed by atoms with van der Waals surface area (Å²) in [7, 11) is 0. The second-order valence-corrected chi connectivity index (χ2v) is 5.08. The van der Waals surface area contributed by atoms with Gasteiger partial charge in [-0.2, -0.15) is 0 Å². The molecule has 0 radical (unpaired) electrons. The molecule has 18 heavy (non-hydrogen) atoms. The van der Waals surface area contributed by atoms with Crippen LogP contribution in [0.4, 0.5) is 0 Å². The van der Waals surface area contributed by atoms with E-state index in [9.17, 15) is 4.79 Å². The lowest BCUT2D eigenvalue weighted by molar-refractivity contribution is -0.124. The highest BCUT2D eigenvalue weighted by Gasteiger charge is 2.44. The Labute approximate surface area is 107 Å². The van der Waals surface area contributed by atoms with Gasteiger partial charge >= 0.3 is 0 Å². The predicted octanol–water partition coefficient (Wildman–Crippen LogP) is 0.739. The molecule has 1 aliphatic heterocycles. The molecule has 1 aromatic rings. The number of carbonyl (C=O) groups excluding carboxylic acids is 1. The monoisotopic (exact) mass is 249 g/mol. The number of ether oxygens (including phenoxy) is 1. The molecule has 0 spiro atoms. The molecule has 1 saturated carbocycles. The maximum Gasteiger partial charge on any atom is 0.226 e. The summed E-state index contributed by atoms with van der Waals surface area (Å²) in [4.78, 5) is 16.3. The van der Waals surface area contributed by atoms with Crippen LogP contribution in [0.15, 0.2) is 12.4 Å². The number of nitrogens with one attached hydrogen (secondary N) is 1. The highest BCUT2D eigenvalue weighted by atomic mass is 16.5. The van der Waals surface area contributed by atoms with Gasteiger partial charge in [-0.15, -0.1) is 0 Å². The lowest BCUT2D eigenvalue weighted by Gasteiger charge is -2.24. The lowest BCUT2D eigenvalue weighted by Crippen LogP contribution is -2.42. The largest absolute Gasteiger partial charge is 0.378 e. The smallest absolute Gasteiger partial charge is 0.226 e. The molecule has 3 rings (SSSR count). The van der Waals surface area contributed by atoms with E-state index >= 15 is 0 Å². The third-order valence-corrected chi connectivity index (χ3v) is 3.73. The molecule has 1 fully saturated rings. The van der Waals surface area contributed by atoms with Crippen molar-refractivity contribution in [3.63, 3.8) is 0 Å². The molecule has 3 unspecified atom stereocenters. The molecule has 2 heterocycles. The van der Waals surface area contributed by atoms with E-state index in [-0.39, 0.29) is 24.0 Å². The van der Waals surface area contributed by atoms with Crippen LogP contribution in [0.1, 0.15) is 25.6 Å². The van der Waals surface area contributed by atoms with Gasteiger partial charge in [-0.3, -0.25) is 4.79 Å². The van der Waals surface area contributed by atoms with Gasteiger partial charge in [-0.05, 0) is 19.8 Å². The van der Waals surface area contributed by atoms with Crippen molar-refractivity contribution in [2.75, 3.05) is 6.61 Å². The summed E-state index contributed by atoms with van der Waals surface area (Å²) >= 11 is 0. The molecule has 3 atom stereocenters. The molecule has 5 heteroatoms.